The highest BCUT2D eigenvalue weighted by molar-refractivity contribution is 5.74. The molecule has 2 aromatic carbocycles. The van der Waals surface area contributed by atoms with Crippen molar-refractivity contribution in [3.05, 3.63) is 57.5 Å². The molecule has 0 aliphatic carbocycles. The van der Waals surface area contributed by atoms with Crippen LogP contribution in [0.3, 0.4) is 0 Å². The molecule has 86 valence electrons. The minimum absolute atomic E-state index is 0.538. The van der Waals surface area contributed by atoms with Crippen LogP contribution in [0.2, 0.25) is 0 Å². The van der Waals surface area contributed by atoms with E-state index in [9.17, 15) is 0 Å². The molecule has 2 rings (SSSR count). The molecule has 0 spiro atoms. The fourth-order valence-electron chi connectivity index (χ4n) is 2.02. The predicted octanol–water partition coefficient (Wildman–Crippen LogP) is 4.94. The fraction of sp³-hybridized carbons (Fsp3) is 0.143. The van der Waals surface area contributed by atoms with Gasteiger partial charge in [0, 0.05) is 24.3 Å². The van der Waals surface area contributed by atoms with Crippen LogP contribution in [0.15, 0.2) is 36.4 Å². The van der Waals surface area contributed by atoms with Crippen LogP contribution in [0, 0.1) is 24.6 Å². The van der Waals surface area contributed by atoms with Gasteiger partial charge in [0.1, 0.15) is 0 Å². The summed E-state index contributed by atoms with van der Waals surface area (Å²) < 4.78 is 0. The zero-order valence-corrected chi connectivity index (χ0v) is 10.3. The van der Waals surface area contributed by atoms with E-state index in [2.05, 4.69) is 9.95 Å². The van der Waals surface area contributed by atoms with Gasteiger partial charge in [-0.05, 0) is 48.2 Å². The van der Waals surface area contributed by atoms with Crippen LogP contribution in [-0.4, -0.2) is 0 Å². The second-order valence-corrected chi connectivity index (χ2v) is 4.20. The third-order valence-electron chi connectivity index (χ3n) is 2.94. The molecule has 0 atom stereocenters. The minimum Gasteiger partial charge on any atom is -0.0461 e. The highest BCUT2D eigenvalue weighted by Crippen LogP contribution is 2.31. The highest BCUT2D eigenvalue weighted by atomic mass is 14.8. The van der Waals surface area contributed by atoms with E-state index < -0.39 is 0 Å². The molecule has 0 N–H and O–H groups in total. The van der Waals surface area contributed by atoms with Crippen LogP contribution in [0.25, 0.3) is 21.1 Å². The largest absolute Gasteiger partial charge is 0.385 e. The molecular formula is C14H12N4+2. The first-order chi connectivity index (χ1) is 8.65. The molecule has 0 bridgehead atoms. The zero-order chi connectivity index (χ0) is 13.1. The first kappa shape index (κ1) is 11.8. The Hall–Kier alpha value is -2.72. The Morgan fingerprint density at radius 3 is 1.39 bits per heavy atom. The summed E-state index contributed by atoms with van der Waals surface area (Å²) in [6.07, 6.45) is 0. The summed E-state index contributed by atoms with van der Waals surface area (Å²) >= 11 is 0. The monoisotopic (exact) mass is 236 g/mol. The third kappa shape index (κ3) is 2.05. The zero-order valence-electron chi connectivity index (χ0n) is 10.3. The van der Waals surface area contributed by atoms with E-state index >= 15 is 0 Å². The molecule has 0 radical (unpaired) electrons. The molecule has 0 heterocycles. The number of rotatable bonds is 1. The Kier molecular flexibility index (Phi) is 3.03. The van der Waals surface area contributed by atoms with Crippen molar-refractivity contribution in [3.8, 4) is 11.1 Å². The van der Waals surface area contributed by atoms with Gasteiger partial charge in [0.25, 0.3) is 0 Å². The van der Waals surface area contributed by atoms with Crippen molar-refractivity contribution in [3.63, 3.8) is 0 Å². The Bertz CT molecular complexity index is 628. The number of aryl methyl sites for hydroxylation is 2. The Morgan fingerprint density at radius 2 is 1.11 bits per heavy atom. The second kappa shape index (κ2) is 4.65. The van der Waals surface area contributed by atoms with Crippen LogP contribution in [-0.2, 0) is 0 Å². The smallest absolute Gasteiger partial charge is 0.0461 e. The van der Waals surface area contributed by atoms with Gasteiger partial charge < -0.3 is 0 Å². The number of hydrogen-bond acceptors (Lipinski definition) is 2. The average Bonchev–Trinajstić information content (AvgIpc) is 2.39. The van der Waals surface area contributed by atoms with Gasteiger partial charge in [0.15, 0.2) is 9.95 Å². The summed E-state index contributed by atoms with van der Waals surface area (Å²) in [7, 11) is 0. The molecule has 2 aromatic rings. The van der Waals surface area contributed by atoms with E-state index in [0.29, 0.717) is 11.4 Å². The molecule has 0 aliphatic heterocycles. The van der Waals surface area contributed by atoms with Crippen molar-refractivity contribution < 1.29 is 0 Å². The van der Waals surface area contributed by atoms with Gasteiger partial charge in [0.2, 0.25) is 10.8 Å². The second-order valence-electron chi connectivity index (χ2n) is 4.20. The van der Waals surface area contributed by atoms with Crippen LogP contribution in [0.1, 0.15) is 11.1 Å². The maximum atomic E-state index is 8.73. The lowest BCUT2D eigenvalue weighted by Crippen LogP contribution is -1.86. The summed E-state index contributed by atoms with van der Waals surface area (Å²) in [5.41, 5.74) is 5.28. The summed E-state index contributed by atoms with van der Waals surface area (Å²) in [6.45, 7) is 3.93. The van der Waals surface area contributed by atoms with Crippen LogP contribution in [0.5, 0.6) is 0 Å². The van der Waals surface area contributed by atoms with Gasteiger partial charge in [-0.2, -0.15) is 0 Å². The van der Waals surface area contributed by atoms with Crippen molar-refractivity contribution in [2.24, 2.45) is 0 Å². The number of diazo groups is 2. The molecule has 4 heteroatoms. The Morgan fingerprint density at radius 1 is 0.722 bits per heavy atom. The molecule has 0 saturated carbocycles. The van der Waals surface area contributed by atoms with E-state index in [-0.39, 0.29) is 0 Å². The SMILES string of the molecule is Cc1cc([N+]#N)ccc1-c1ccc([N+]#N)cc1C. The van der Waals surface area contributed by atoms with E-state index in [1.165, 1.54) is 0 Å². The van der Waals surface area contributed by atoms with Crippen molar-refractivity contribution in [2.75, 3.05) is 0 Å². The quantitative estimate of drug-likeness (QED) is 0.658. The summed E-state index contributed by atoms with van der Waals surface area (Å²) in [4.78, 5) is 6.34. The van der Waals surface area contributed by atoms with Crippen LogP contribution in [0.4, 0.5) is 11.4 Å². The van der Waals surface area contributed by atoms with Gasteiger partial charge in [-0.15, -0.1) is 0 Å². The lowest BCUT2D eigenvalue weighted by Gasteiger charge is -2.06. The molecule has 0 aliphatic rings. The minimum atomic E-state index is 0.538. The molecule has 4 nitrogen and oxygen atoms in total. The van der Waals surface area contributed by atoms with E-state index in [1.54, 1.807) is 12.1 Å². The Labute approximate surface area is 105 Å². The van der Waals surface area contributed by atoms with E-state index in [1.807, 2.05) is 38.1 Å². The number of hydrogen-bond donors (Lipinski definition) is 0. The molecule has 0 unspecified atom stereocenters. The van der Waals surface area contributed by atoms with Crippen LogP contribution < -0.4 is 0 Å². The topological polar surface area (TPSA) is 56.3 Å². The first-order valence-corrected chi connectivity index (χ1v) is 5.57. The summed E-state index contributed by atoms with van der Waals surface area (Å²) in [5.74, 6) is 0. The molecule has 0 fully saturated rings. The standard InChI is InChI=1S/C14H12N4/c1-9-7-11(17-15)3-5-13(9)14-6-4-12(18-16)8-10(14)2/h3-8H,1-2H3/q+2. The van der Waals surface area contributed by atoms with E-state index in [4.69, 9.17) is 10.8 Å². The van der Waals surface area contributed by atoms with Gasteiger partial charge in [-0.3, -0.25) is 0 Å². The maximum Gasteiger partial charge on any atom is 0.385 e. The first-order valence-electron chi connectivity index (χ1n) is 5.57. The van der Waals surface area contributed by atoms with Gasteiger partial charge in [0.05, 0.1) is 0 Å². The number of benzene rings is 2. The Balaban J connectivity index is 2.57. The van der Waals surface area contributed by atoms with Crippen molar-refractivity contribution >= 4 is 11.4 Å². The van der Waals surface area contributed by atoms with Gasteiger partial charge in [-0.1, -0.05) is 0 Å². The maximum absolute atomic E-state index is 8.73. The van der Waals surface area contributed by atoms with Gasteiger partial charge >= 0.3 is 11.4 Å². The van der Waals surface area contributed by atoms with E-state index in [0.717, 1.165) is 22.3 Å². The number of nitrogens with zero attached hydrogens (tertiary/aromatic N) is 4. The molecule has 0 aromatic heterocycles. The summed E-state index contributed by atoms with van der Waals surface area (Å²) in [6, 6.07) is 11.0. The van der Waals surface area contributed by atoms with Crippen molar-refractivity contribution in [1.82, 2.24) is 0 Å². The van der Waals surface area contributed by atoms with Crippen LogP contribution >= 0.6 is 0 Å². The normalized spacial score (nSPS) is 9.56. The summed E-state index contributed by atoms with van der Waals surface area (Å²) in [5, 5.41) is 17.5. The van der Waals surface area contributed by atoms with Crippen molar-refractivity contribution in [1.29, 1.82) is 10.8 Å². The highest BCUT2D eigenvalue weighted by Gasteiger charge is 2.13. The molecule has 0 amide bonds. The average molecular weight is 236 g/mol. The fourth-order valence-corrected chi connectivity index (χ4v) is 2.02. The lowest BCUT2D eigenvalue weighted by molar-refractivity contribution is 1.39. The molecule has 18 heavy (non-hydrogen) atoms. The third-order valence-corrected chi connectivity index (χ3v) is 2.94. The predicted molar refractivity (Wildman–Crippen MR) is 70.8 cm³/mol. The van der Waals surface area contributed by atoms with Gasteiger partial charge in [-0.25, -0.2) is 0 Å². The lowest BCUT2D eigenvalue weighted by atomic mass is 9.96. The molecular weight excluding hydrogens is 224 g/mol. The molecule has 0 saturated heterocycles. The van der Waals surface area contributed by atoms with Crippen molar-refractivity contribution in [2.45, 2.75) is 13.8 Å².